The molecule has 3 aromatic rings. The van der Waals surface area contributed by atoms with Crippen molar-refractivity contribution < 1.29 is 4.79 Å². The second kappa shape index (κ2) is 10.9. The van der Waals surface area contributed by atoms with Crippen LogP contribution in [0.15, 0.2) is 65.7 Å². The van der Waals surface area contributed by atoms with Crippen molar-refractivity contribution in [2.75, 3.05) is 5.32 Å². The number of hydrogen-bond donors (Lipinski definition) is 1. The average molecular weight is 420 g/mol. The molecule has 1 heterocycles. The van der Waals surface area contributed by atoms with E-state index in [0.717, 1.165) is 34.8 Å². The van der Waals surface area contributed by atoms with E-state index in [1.165, 1.54) is 30.2 Å². The normalized spacial score (nSPS) is 11.8. The molecule has 0 bridgehead atoms. The number of rotatable bonds is 9. The van der Waals surface area contributed by atoms with Crippen LogP contribution in [0.1, 0.15) is 44.5 Å². The molecule has 1 unspecified atom stereocenters. The average Bonchev–Trinajstić information content (AvgIpc) is 2.77. The predicted molar refractivity (Wildman–Crippen MR) is 126 cm³/mol. The van der Waals surface area contributed by atoms with Crippen LogP contribution in [-0.4, -0.2) is 21.1 Å². The zero-order valence-corrected chi connectivity index (χ0v) is 18.7. The number of carbonyl (C=O) groups is 1. The first kappa shape index (κ1) is 22.0. The molecule has 0 radical (unpaired) electrons. The molecule has 1 aromatic heterocycles. The number of anilines is 1. The van der Waals surface area contributed by atoms with Crippen molar-refractivity contribution in [3.8, 4) is 11.3 Å². The van der Waals surface area contributed by atoms with Crippen LogP contribution in [0.25, 0.3) is 11.3 Å². The molecule has 4 nitrogen and oxygen atoms in total. The third kappa shape index (κ3) is 6.17. The Morgan fingerprint density at radius 3 is 2.43 bits per heavy atom. The molecule has 0 saturated heterocycles. The summed E-state index contributed by atoms with van der Waals surface area (Å²) in [6.45, 7) is 6.11. The summed E-state index contributed by atoms with van der Waals surface area (Å²) in [6.07, 6.45) is 4.16. The Morgan fingerprint density at radius 1 is 1.03 bits per heavy atom. The number of thioether (sulfide) groups is 1. The Hall–Kier alpha value is -2.66. The number of aromatic nitrogens is 2. The van der Waals surface area contributed by atoms with E-state index in [9.17, 15) is 4.79 Å². The molecule has 1 N–H and O–H groups in total. The Labute approximate surface area is 183 Å². The molecule has 3 rings (SSSR count). The van der Waals surface area contributed by atoms with Gasteiger partial charge in [-0.05, 0) is 49.9 Å². The lowest BCUT2D eigenvalue weighted by Crippen LogP contribution is -2.24. The Bertz CT molecular complexity index is 958. The molecule has 2 aromatic carbocycles. The Kier molecular flexibility index (Phi) is 8.03. The van der Waals surface area contributed by atoms with Gasteiger partial charge in [-0.15, -0.1) is 0 Å². The molecule has 1 atom stereocenters. The number of amides is 1. The highest BCUT2D eigenvalue weighted by Crippen LogP contribution is 2.28. The van der Waals surface area contributed by atoms with Crippen LogP contribution in [0.2, 0.25) is 0 Å². The molecule has 0 spiro atoms. The molecule has 1 amide bonds. The fraction of sp³-hybridized carbons (Fsp3) is 0.320. The first-order valence-corrected chi connectivity index (χ1v) is 11.4. The number of hydrogen-bond acceptors (Lipinski definition) is 4. The lowest BCUT2D eigenvalue weighted by molar-refractivity contribution is -0.115. The number of nitrogens with zero attached hydrogens (tertiary/aromatic N) is 2. The van der Waals surface area contributed by atoms with Gasteiger partial charge in [-0.25, -0.2) is 9.97 Å². The van der Waals surface area contributed by atoms with Crippen molar-refractivity contribution in [2.24, 2.45) is 0 Å². The van der Waals surface area contributed by atoms with E-state index in [-0.39, 0.29) is 11.2 Å². The van der Waals surface area contributed by atoms with Gasteiger partial charge < -0.3 is 5.32 Å². The summed E-state index contributed by atoms with van der Waals surface area (Å²) in [6, 6.07) is 20.2. The zero-order chi connectivity index (χ0) is 21.3. The van der Waals surface area contributed by atoms with E-state index in [1.807, 2.05) is 62.4 Å². The quantitative estimate of drug-likeness (QED) is 0.326. The minimum absolute atomic E-state index is 0.00124. The zero-order valence-electron chi connectivity index (χ0n) is 17.9. The van der Waals surface area contributed by atoms with Crippen molar-refractivity contribution >= 4 is 23.4 Å². The van der Waals surface area contributed by atoms with Gasteiger partial charge in [0, 0.05) is 11.3 Å². The summed E-state index contributed by atoms with van der Waals surface area (Å²) < 4.78 is 0. The van der Waals surface area contributed by atoms with Crippen molar-refractivity contribution in [2.45, 2.75) is 56.7 Å². The van der Waals surface area contributed by atoms with Crippen molar-refractivity contribution in [1.82, 2.24) is 9.97 Å². The molecular formula is C25H29N3OS. The van der Waals surface area contributed by atoms with E-state index < -0.39 is 0 Å². The fourth-order valence-corrected chi connectivity index (χ4v) is 4.17. The van der Waals surface area contributed by atoms with Gasteiger partial charge in [0.15, 0.2) is 0 Å². The summed E-state index contributed by atoms with van der Waals surface area (Å²) in [5.41, 5.74) is 4.07. The molecule has 0 fully saturated rings. The molecule has 30 heavy (non-hydrogen) atoms. The monoisotopic (exact) mass is 419 g/mol. The molecular weight excluding hydrogens is 390 g/mol. The van der Waals surface area contributed by atoms with Crippen LogP contribution in [0.5, 0.6) is 0 Å². The maximum atomic E-state index is 12.9. The van der Waals surface area contributed by atoms with Crippen molar-refractivity contribution in [1.29, 1.82) is 0 Å². The largest absolute Gasteiger partial charge is 0.325 e. The van der Waals surface area contributed by atoms with Gasteiger partial charge in [-0.2, -0.15) is 0 Å². The third-order valence-electron chi connectivity index (χ3n) is 4.85. The first-order chi connectivity index (χ1) is 14.6. The van der Waals surface area contributed by atoms with E-state index in [1.54, 1.807) is 0 Å². The summed E-state index contributed by atoms with van der Waals surface area (Å²) >= 11 is 1.49. The van der Waals surface area contributed by atoms with E-state index in [4.69, 9.17) is 0 Å². The van der Waals surface area contributed by atoms with Crippen LogP contribution in [0.4, 0.5) is 5.69 Å². The van der Waals surface area contributed by atoms with Gasteiger partial charge in [0.25, 0.3) is 0 Å². The number of aryl methyl sites for hydroxylation is 2. The van der Waals surface area contributed by atoms with Crippen molar-refractivity contribution in [3.63, 3.8) is 0 Å². The predicted octanol–water partition coefficient (Wildman–Crippen LogP) is 6.30. The highest BCUT2D eigenvalue weighted by Gasteiger charge is 2.19. The van der Waals surface area contributed by atoms with Crippen LogP contribution < -0.4 is 5.32 Å². The standard InChI is InChI=1S/C25H29N3OS/c1-4-6-10-19-13-15-21(16-14-19)28-25(29)23(5-2)30-24-17-22(26-18(3)27-24)20-11-8-7-9-12-20/h7-9,11-17,23H,4-6,10H2,1-3H3,(H,28,29). The van der Waals surface area contributed by atoms with E-state index >= 15 is 0 Å². The van der Waals surface area contributed by atoms with Crippen LogP contribution in [0.3, 0.4) is 0 Å². The van der Waals surface area contributed by atoms with Gasteiger partial charge in [0.05, 0.1) is 10.9 Å². The molecule has 5 heteroatoms. The Morgan fingerprint density at radius 2 is 1.77 bits per heavy atom. The second-order valence-corrected chi connectivity index (χ2v) is 8.53. The topological polar surface area (TPSA) is 54.9 Å². The van der Waals surface area contributed by atoms with Gasteiger partial charge in [0.1, 0.15) is 10.9 Å². The van der Waals surface area contributed by atoms with Crippen molar-refractivity contribution in [3.05, 3.63) is 72.1 Å². The van der Waals surface area contributed by atoms with Gasteiger partial charge >= 0.3 is 0 Å². The lowest BCUT2D eigenvalue weighted by atomic mass is 10.1. The second-order valence-electron chi connectivity index (χ2n) is 7.31. The van der Waals surface area contributed by atoms with Crippen LogP contribution in [-0.2, 0) is 11.2 Å². The molecule has 0 aliphatic carbocycles. The summed E-state index contributed by atoms with van der Waals surface area (Å²) in [5, 5.41) is 3.65. The number of nitrogens with one attached hydrogen (secondary N) is 1. The maximum absolute atomic E-state index is 12.9. The third-order valence-corrected chi connectivity index (χ3v) is 6.13. The lowest BCUT2D eigenvalue weighted by Gasteiger charge is -2.15. The molecule has 0 aliphatic heterocycles. The van der Waals surface area contributed by atoms with Gasteiger partial charge in [0.2, 0.25) is 5.91 Å². The Balaban J connectivity index is 1.69. The fourth-order valence-electron chi connectivity index (χ4n) is 3.18. The first-order valence-electron chi connectivity index (χ1n) is 10.6. The number of unbranched alkanes of at least 4 members (excludes halogenated alkanes) is 1. The van der Waals surface area contributed by atoms with Crippen LogP contribution >= 0.6 is 11.8 Å². The highest BCUT2D eigenvalue weighted by molar-refractivity contribution is 8.00. The minimum Gasteiger partial charge on any atom is -0.325 e. The SMILES string of the molecule is CCCCc1ccc(NC(=O)C(CC)Sc2cc(-c3ccccc3)nc(C)n2)cc1. The van der Waals surface area contributed by atoms with E-state index in [2.05, 4.69) is 34.3 Å². The minimum atomic E-state index is -0.220. The number of carbonyl (C=O) groups excluding carboxylic acids is 1. The van der Waals surface area contributed by atoms with Gasteiger partial charge in [-0.1, -0.05) is 74.5 Å². The maximum Gasteiger partial charge on any atom is 0.237 e. The summed E-state index contributed by atoms with van der Waals surface area (Å²) in [4.78, 5) is 22.0. The summed E-state index contributed by atoms with van der Waals surface area (Å²) in [5.74, 6) is 0.707. The molecule has 156 valence electrons. The summed E-state index contributed by atoms with van der Waals surface area (Å²) in [7, 11) is 0. The van der Waals surface area contributed by atoms with Crippen LogP contribution in [0, 0.1) is 6.92 Å². The number of benzene rings is 2. The smallest absolute Gasteiger partial charge is 0.237 e. The molecule has 0 aliphatic rings. The van der Waals surface area contributed by atoms with Gasteiger partial charge in [-0.3, -0.25) is 4.79 Å². The highest BCUT2D eigenvalue weighted by atomic mass is 32.2. The van der Waals surface area contributed by atoms with E-state index in [0.29, 0.717) is 5.82 Å². The molecule has 0 saturated carbocycles.